The number of nitrogens with two attached hydrogens (primary N) is 1. The van der Waals surface area contributed by atoms with Crippen LogP contribution in [-0.4, -0.2) is 46.0 Å². The Balaban J connectivity index is 3.78. The van der Waals surface area contributed by atoms with Gasteiger partial charge in [-0.1, -0.05) is 51.9 Å². The molecule has 7 heteroatoms. The van der Waals surface area contributed by atoms with E-state index in [0.29, 0.717) is 0 Å². The maximum absolute atomic E-state index is 10.6. The zero-order valence-corrected chi connectivity index (χ0v) is 13.5. The summed E-state index contributed by atoms with van der Waals surface area (Å²) in [6.07, 6.45) is 10.6. The van der Waals surface area contributed by atoms with Crippen molar-refractivity contribution < 1.29 is 15.0 Å². The van der Waals surface area contributed by atoms with Crippen molar-refractivity contribution in [3.8, 4) is 0 Å². The van der Waals surface area contributed by atoms with E-state index in [2.05, 4.69) is 12.0 Å². The number of nitrogens with one attached hydrogen (secondary N) is 1. The topological polar surface area (TPSA) is 123 Å². The number of aliphatic hydroxyl groups is 1. The first-order valence-electron chi connectivity index (χ1n) is 8.03. The molecular weight excluding hydrogens is 284 g/mol. The summed E-state index contributed by atoms with van der Waals surface area (Å²) in [5.74, 6) is -1.74. The second kappa shape index (κ2) is 13.1. The summed E-state index contributed by atoms with van der Waals surface area (Å²) in [6.45, 7) is 1.89. The van der Waals surface area contributed by atoms with Gasteiger partial charge in [0.2, 0.25) is 5.96 Å². The zero-order chi connectivity index (χ0) is 16.8. The number of aliphatic carboxylic acids is 1. The van der Waals surface area contributed by atoms with Gasteiger partial charge in [0.05, 0.1) is 6.54 Å². The Labute approximate surface area is 132 Å². The largest absolute Gasteiger partial charge is 0.479 e. The van der Waals surface area contributed by atoms with Crippen molar-refractivity contribution in [3.05, 3.63) is 0 Å². The standard InChI is InChI=1S/C15H30N4O3/c1-2-3-4-5-6-7-8-9-10-11-18-19(15(16)17)12-13(20)14(21)22/h11,13,20H,2-10,12H2,1H3,(H3,16,17)(H,21,22). The highest BCUT2D eigenvalue weighted by Gasteiger charge is 2.18. The third-order valence-electron chi connectivity index (χ3n) is 3.32. The molecule has 0 saturated carbocycles. The second-order valence-electron chi connectivity index (χ2n) is 5.38. The molecule has 0 amide bonds. The fraction of sp³-hybridized carbons (Fsp3) is 0.800. The summed E-state index contributed by atoms with van der Waals surface area (Å²) in [7, 11) is 0. The fourth-order valence-electron chi connectivity index (χ4n) is 1.98. The van der Waals surface area contributed by atoms with E-state index < -0.39 is 12.1 Å². The van der Waals surface area contributed by atoms with Gasteiger partial charge in [0.15, 0.2) is 6.10 Å². The van der Waals surface area contributed by atoms with Crippen LogP contribution in [0.25, 0.3) is 0 Å². The number of aliphatic hydroxyl groups excluding tert-OH is 1. The molecule has 0 saturated heterocycles. The Kier molecular flexibility index (Phi) is 12.1. The molecule has 0 aliphatic rings. The minimum atomic E-state index is -1.61. The van der Waals surface area contributed by atoms with Crippen LogP contribution in [0.4, 0.5) is 0 Å². The summed E-state index contributed by atoms with van der Waals surface area (Å²) in [5, 5.41) is 30.1. The maximum atomic E-state index is 10.6. The van der Waals surface area contributed by atoms with Gasteiger partial charge in [0.25, 0.3) is 0 Å². The highest BCUT2D eigenvalue weighted by atomic mass is 16.4. The molecule has 7 nitrogen and oxygen atoms in total. The van der Waals surface area contributed by atoms with E-state index in [4.69, 9.17) is 16.2 Å². The summed E-state index contributed by atoms with van der Waals surface area (Å²) >= 11 is 0. The molecule has 5 N–H and O–H groups in total. The molecule has 1 unspecified atom stereocenters. The SMILES string of the molecule is CCCCCCCCCCC=NN(CC(O)C(=O)O)C(=N)N. The van der Waals surface area contributed by atoms with Gasteiger partial charge in [-0.2, -0.15) is 5.10 Å². The molecule has 128 valence electrons. The molecule has 0 aromatic carbocycles. The van der Waals surface area contributed by atoms with E-state index in [1.165, 1.54) is 38.5 Å². The Morgan fingerprint density at radius 1 is 1.23 bits per heavy atom. The minimum Gasteiger partial charge on any atom is -0.479 e. The summed E-state index contributed by atoms with van der Waals surface area (Å²) in [6, 6.07) is 0. The third kappa shape index (κ3) is 11.1. The molecule has 0 bridgehead atoms. The van der Waals surface area contributed by atoms with Crippen molar-refractivity contribution in [1.29, 1.82) is 5.41 Å². The first kappa shape index (κ1) is 20.4. The van der Waals surface area contributed by atoms with E-state index >= 15 is 0 Å². The van der Waals surface area contributed by atoms with Crippen molar-refractivity contribution in [2.45, 2.75) is 70.8 Å². The normalized spacial score (nSPS) is 12.5. The van der Waals surface area contributed by atoms with Gasteiger partial charge in [0.1, 0.15) is 0 Å². The Bertz CT molecular complexity index is 348. The van der Waals surface area contributed by atoms with Crippen LogP contribution in [0.3, 0.4) is 0 Å². The fourth-order valence-corrected chi connectivity index (χ4v) is 1.98. The zero-order valence-electron chi connectivity index (χ0n) is 13.5. The van der Waals surface area contributed by atoms with Crippen molar-refractivity contribution in [2.24, 2.45) is 10.8 Å². The summed E-state index contributed by atoms with van der Waals surface area (Å²) < 4.78 is 0. The van der Waals surface area contributed by atoms with E-state index in [1.54, 1.807) is 6.21 Å². The molecule has 0 aromatic heterocycles. The molecule has 0 aromatic rings. The van der Waals surface area contributed by atoms with Gasteiger partial charge in [-0.25, -0.2) is 9.80 Å². The highest BCUT2D eigenvalue weighted by molar-refractivity contribution is 5.77. The molecule has 0 heterocycles. The van der Waals surface area contributed by atoms with Crippen LogP contribution in [-0.2, 0) is 4.79 Å². The van der Waals surface area contributed by atoms with Crippen molar-refractivity contribution in [2.75, 3.05) is 6.54 Å². The maximum Gasteiger partial charge on any atom is 0.334 e. The number of rotatable bonds is 13. The monoisotopic (exact) mass is 314 g/mol. The van der Waals surface area contributed by atoms with Gasteiger partial charge in [-0.3, -0.25) is 5.41 Å². The van der Waals surface area contributed by atoms with Crippen LogP contribution in [0.2, 0.25) is 0 Å². The number of unbranched alkanes of at least 4 members (excludes halogenated alkanes) is 8. The molecular formula is C15H30N4O3. The Morgan fingerprint density at radius 3 is 2.27 bits per heavy atom. The minimum absolute atomic E-state index is 0.321. The summed E-state index contributed by atoms with van der Waals surface area (Å²) in [4.78, 5) is 10.6. The molecule has 0 rings (SSSR count). The van der Waals surface area contributed by atoms with Crippen LogP contribution < -0.4 is 5.73 Å². The predicted octanol–water partition coefficient (Wildman–Crippen LogP) is 2.14. The molecule has 22 heavy (non-hydrogen) atoms. The van der Waals surface area contributed by atoms with Crippen LogP contribution >= 0.6 is 0 Å². The number of nitrogens with zero attached hydrogens (tertiary/aromatic N) is 2. The van der Waals surface area contributed by atoms with Crippen molar-refractivity contribution >= 4 is 18.1 Å². The number of hydrazone groups is 1. The van der Waals surface area contributed by atoms with E-state index in [-0.39, 0.29) is 12.5 Å². The predicted molar refractivity (Wildman–Crippen MR) is 88.0 cm³/mol. The lowest BCUT2D eigenvalue weighted by Gasteiger charge is -2.17. The van der Waals surface area contributed by atoms with Crippen molar-refractivity contribution in [3.63, 3.8) is 0 Å². The van der Waals surface area contributed by atoms with Gasteiger partial charge < -0.3 is 15.9 Å². The average Bonchev–Trinajstić information content (AvgIpc) is 2.47. The average molecular weight is 314 g/mol. The molecule has 0 spiro atoms. The number of carbonyl (C=O) groups is 1. The van der Waals surface area contributed by atoms with E-state index in [1.807, 2.05) is 0 Å². The lowest BCUT2D eigenvalue weighted by Crippen LogP contribution is -2.40. The lowest BCUT2D eigenvalue weighted by molar-refractivity contribution is -0.147. The second-order valence-corrected chi connectivity index (χ2v) is 5.38. The quantitative estimate of drug-likeness (QED) is 0.179. The molecule has 0 aliphatic heterocycles. The van der Waals surface area contributed by atoms with Gasteiger partial charge in [-0.05, 0) is 12.8 Å². The molecule has 0 aliphatic carbocycles. The van der Waals surface area contributed by atoms with Crippen LogP contribution in [0, 0.1) is 5.41 Å². The Hall–Kier alpha value is -1.63. The first-order valence-corrected chi connectivity index (χ1v) is 8.03. The summed E-state index contributed by atoms with van der Waals surface area (Å²) in [5.41, 5.74) is 5.30. The van der Waals surface area contributed by atoms with Gasteiger partial charge in [0, 0.05) is 6.21 Å². The van der Waals surface area contributed by atoms with Gasteiger partial charge in [-0.15, -0.1) is 0 Å². The number of guanidine groups is 1. The molecule has 0 fully saturated rings. The van der Waals surface area contributed by atoms with Crippen LogP contribution in [0.5, 0.6) is 0 Å². The third-order valence-corrected chi connectivity index (χ3v) is 3.32. The van der Waals surface area contributed by atoms with E-state index in [9.17, 15) is 9.90 Å². The van der Waals surface area contributed by atoms with E-state index in [0.717, 1.165) is 24.3 Å². The smallest absolute Gasteiger partial charge is 0.334 e. The molecule has 0 radical (unpaired) electrons. The number of carboxylic acid groups (broad SMARTS) is 1. The number of hydrogen-bond acceptors (Lipinski definition) is 4. The van der Waals surface area contributed by atoms with Crippen molar-refractivity contribution in [1.82, 2.24) is 5.01 Å². The van der Waals surface area contributed by atoms with Gasteiger partial charge >= 0.3 is 5.97 Å². The lowest BCUT2D eigenvalue weighted by atomic mass is 10.1. The highest BCUT2D eigenvalue weighted by Crippen LogP contribution is 2.09. The molecule has 1 atom stereocenters. The van der Waals surface area contributed by atoms with Crippen LogP contribution in [0.1, 0.15) is 64.7 Å². The number of hydrogen-bond donors (Lipinski definition) is 4. The number of carboxylic acids is 1. The Morgan fingerprint density at radius 2 is 1.77 bits per heavy atom. The van der Waals surface area contributed by atoms with Crippen LogP contribution in [0.15, 0.2) is 5.10 Å². The first-order chi connectivity index (χ1) is 10.5.